The molecule has 3 aromatic carbocycles. The Morgan fingerprint density at radius 3 is 1.66 bits per heavy atom. The molecule has 1 heterocycles. The van der Waals surface area contributed by atoms with Crippen molar-refractivity contribution in [2.45, 2.75) is 65.2 Å². The van der Waals surface area contributed by atoms with Crippen molar-refractivity contribution in [2.24, 2.45) is 0 Å². The summed E-state index contributed by atoms with van der Waals surface area (Å²) in [5, 5.41) is 18.2. The van der Waals surface area contributed by atoms with E-state index in [2.05, 4.69) is 67.3 Å². The average molecular weight is 649 g/mol. The van der Waals surface area contributed by atoms with Gasteiger partial charge in [0, 0.05) is 26.8 Å². The molecule has 7 heteroatoms. The topological polar surface area (TPSA) is 82.8 Å². The van der Waals surface area contributed by atoms with Crippen molar-refractivity contribution in [3.63, 3.8) is 0 Å². The maximum atomic E-state index is 11.2. The second kappa shape index (κ2) is 19.0. The number of unbranched alkanes of at least 4 members (excludes halogenated alkanes) is 6. The van der Waals surface area contributed by atoms with E-state index in [-0.39, 0.29) is 5.57 Å². The van der Waals surface area contributed by atoms with Gasteiger partial charge >= 0.3 is 5.97 Å². The Kier molecular flexibility index (Phi) is 14.2. The van der Waals surface area contributed by atoms with Gasteiger partial charge in [-0.05, 0) is 103 Å². The fraction of sp³-hybridized carbons (Fsp3) is 0.300. The smallest absolute Gasteiger partial charge is 0.346 e. The minimum atomic E-state index is -1.23. The first-order chi connectivity index (χ1) is 23.0. The Morgan fingerprint density at radius 2 is 1.19 bits per heavy atom. The minimum Gasteiger partial charge on any atom is -0.494 e. The zero-order valence-electron chi connectivity index (χ0n) is 27.4. The average Bonchev–Trinajstić information content (AvgIpc) is 3.55. The van der Waals surface area contributed by atoms with Crippen LogP contribution in [0.2, 0.25) is 0 Å². The summed E-state index contributed by atoms with van der Waals surface area (Å²) in [7, 11) is 0. The number of rotatable bonds is 19. The van der Waals surface area contributed by atoms with Crippen LogP contribution in [0.25, 0.3) is 18.2 Å². The summed E-state index contributed by atoms with van der Waals surface area (Å²) in [6.45, 7) is 5.88. The first-order valence-corrected chi connectivity index (χ1v) is 17.3. The maximum Gasteiger partial charge on any atom is 0.346 e. The molecule has 0 amide bonds. The van der Waals surface area contributed by atoms with E-state index in [1.54, 1.807) is 6.07 Å². The number of hydrogen-bond donors (Lipinski definition) is 1. The molecule has 0 saturated carbocycles. The van der Waals surface area contributed by atoms with E-state index in [0.717, 1.165) is 69.9 Å². The predicted molar refractivity (Wildman–Crippen MR) is 195 cm³/mol. The number of ether oxygens (including phenoxy) is 2. The van der Waals surface area contributed by atoms with Crippen LogP contribution in [0.1, 0.15) is 80.5 Å². The van der Waals surface area contributed by atoms with Gasteiger partial charge in [0.25, 0.3) is 0 Å². The van der Waals surface area contributed by atoms with Crippen LogP contribution in [0.5, 0.6) is 11.5 Å². The van der Waals surface area contributed by atoms with E-state index < -0.39 is 5.97 Å². The quantitative estimate of drug-likeness (QED) is 0.0619. The van der Waals surface area contributed by atoms with E-state index in [1.165, 1.54) is 55.9 Å². The summed E-state index contributed by atoms with van der Waals surface area (Å²) >= 11 is 1.43. The molecule has 0 unspecified atom stereocenters. The molecular weight excluding hydrogens is 605 g/mol. The number of nitriles is 1. The van der Waals surface area contributed by atoms with Gasteiger partial charge in [0.15, 0.2) is 0 Å². The first kappa shape index (κ1) is 35.1. The summed E-state index contributed by atoms with van der Waals surface area (Å²) in [6, 6.07) is 30.3. The van der Waals surface area contributed by atoms with Crippen LogP contribution in [-0.4, -0.2) is 24.3 Å². The van der Waals surface area contributed by atoms with Gasteiger partial charge in [-0.1, -0.05) is 70.6 Å². The van der Waals surface area contributed by atoms with Gasteiger partial charge in [0.05, 0.1) is 13.2 Å². The molecule has 0 aliphatic rings. The number of carboxylic acids is 1. The molecule has 6 nitrogen and oxygen atoms in total. The molecule has 4 aromatic rings. The Morgan fingerprint density at radius 1 is 0.702 bits per heavy atom. The Bertz CT molecular complexity index is 1570. The van der Waals surface area contributed by atoms with Gasteiger partial charge < -0.3 is 19.5 Å². The molecule has 0 bridgehead atoms. The third-order valence-electron chi connectivity index (χ3n) is 7.60. The molecule has 0 aliphatic heterocycles. The summed E-state index contributed by atoms with van der Waals surface area (Å²) in [5.74, 6) is 0.518. The van der Waals surface area contributed by atoms with E-state index in [0.29, 0.717) is 0 Å². The molecule has 0 aliphatic carbocycles. The van der Waals surface area contributed by atoms with Gasteiger partial charge in [-0.3, -0.25) is 0 Å². The Labute approximate surface area is 283 Å². The van der Waals surface area contributed by atoms with E-state index >= 15 is 0 Å². The molecule has 0 spiro atoms. The van der Waals surface area contributed by atoms with Crippen LogP contribution in [0.15, 0.2) is 90.5 Å². The Balaban J connectivity index is 1.51. The lowest BCUT2D eigenvalue weighted by molar-refractivity contribution is -0.132. The van der Waals surface area contributed by atoms with Crippen molar-refractivity contribution in [3.05, 3.63) is 106 Å². The second-order valence-corrected chi connectivity index (χ2v) is 12.4. The predicted octanol–water partition coefficient (Wildman–Crippen LogP) is 11.3. The molecular formula is C40H44N2O4S. The van der Waals surface area contributed by atoms with Crippen molar-refractivity contribution in [2.75, 3.05) is 18.1 Å². The summed E-state index contributed by atoms with van der Waals surface area (Å²) < 4.78 is 12.0. The molecule has 0 saturated heterocycles. The van der Waals surface area contributed by atoms with Crippen molar-refractivity contribution in [3.8, 4) is 17.6 Å². The first-order valence-electron chi connectivity index (χ1n) is 16.5. The molecule has 0 atom stereocenters. The van der Waals surface area contributed by atoms with Crippen LogP contribution < -0.4 is 14.4 Å². The van der Waals surface area contributed by atoms with Gasteiger partial charge in [0.1, 0.15) is 23.1 Å². The number of nitrogens with zero attached hydrogens (tertiary/aromatic N) is 2. The van der Waals surface area contributed by atoms with Gasteiger partial charge in [-0.15, -0.1) is 11.3 Å². The lowest BCUT2D eigenvalue weighted by atomic mass is 10.1. The number of carboxylic acid groups (broad SMARTS) is 1. The van der Waals surface area contributed by atoms with Gasteiger partial charge in [0.2, 0.25) is 0 Å². The van der Waals surface area contributed by atoms with E-state index in [9.17, 15) is 4.79 Å². The fourth-order valence-electron chi connectivity index (χ4n) is 5.00. The van der Waals surface area contributed by atoms with Crippen molar-refractivity contribution >= 4 is 52.6 Å². The minimum absolute atomic E-state index is 0.281. The number of thiophene rings is 1. The molecule has 0 radical (unpaired) electrons. The van der Waals surface area contributed by atoms with Crippen molar-refractivity contribution in [1.82, 2.24) is 0 Å². The molecule has 47 heavy (non-hydrogen) atoms. The van der Waals surface area contributed by atoms with Crippen LogP contribution in [0.3, 0.4) is 0 Å². The number of benzene rings is 3. The maximum absolute atomic E-state index is 11.2. The number of aliphatic carboxylic acids is 1. The third kappa shape index (κ3) is 11.2. The molecule has 1 aromatic heterocycles. The molecule has 244 valence electrons. The van der Waals surface area contributed by atoms with Gasteiger partial charge in [-0.2, -0.15) is 5.26 Å². The van der Waals surface area contributed by atoms with Crippen LogP contribution in [0.4, 0.5) is 17.1 Å². The largest absolute Gasteiger partial charge is 0.494 e. The molecule has 1 N–H and O–H groups in total. The molecule has 4 rings (SSSR count). The standard InChI is InChI=1S/C40H44N2O4S/c1-3-5-7-9-27-45-36-20-16-34(17-21-36)42(35-18-22-37(23-19-35)46-28-10-8-6-4-2)33-14-11-31(12-15-33)13-24-38-25-26-39(47-38)29-32(30-41)40(43)44/h11-26,29H,3-10,27-28H2,1-2H3,(H,43,44)/b24-13+,32-29+. The van der Waals surface area contributed by atoms with Gasteiger partial charge in [-0.25, -0.2) is 4.79 Å². The number of anilines is 3. The van der Waals surface area contributed by atoms with Crippen LogP contribution >= 0.6 is 11.3 Å². The third-order valence-corrected chi connectivity index (χ3v) is 8.60. The van der Waals surface area contributed by atoms with E-state index in [1.807, 2.05) is 48.6 Å². The highest BCUT2D eigenvalue weighted by Crippen LogP contribution is 2.36. The Hall–Kier alpha value is -4.80. The highest BCUT2D eigenvalue weighted by Gasteiger charge is 2.13. The summed E-state index contributed by atoms with van der Waals surface area (Å²) in [4.78, 5) is 15.1. The summed E-state index contributed by atoms with van der Waals surface area (Å²) in [5.41, 5.74) is 3.82. The zero-order valence-corrected chi connectivity index (χ0v) is 28.2. The lowest BCUT2D eigenvalue weighted by Gasteiger charge is -2.26. The van der Waals surface area contributed by atoms with Crippen molar-refractivity contribution < 1.29 is 19.4 Å². The number of hydrogen-bond acceptors (Lipinski definition) is 6. The number of carbonyl (C=O) groups is 1. The van der Waals surface area contributed by atoms with Crippen LogP contribution in [-0.2, 0) is 4.79 Å². The second-order valence-electron chi connectivity index (χ2n) is 11.3. The zero-order chi connectivity index (χ0) is 33.3. The highest BCUT2D eigenvalue weighted by atomic mass is 32.1. The lowest BCUT2D eigenvalue weighted by Crippen LogP contribution is -2.10. The SMILES string of the molecule is CCCCCCOc1ccc(N(c2ccc(/C=C/c3ccc(/C=C(\C#N)C(=O)O)s3)cc2)c2ccc(OCCCCCC)cc2)cc1. The summed E-state index contributed by atoms with van der Waals surface area (Å²) in [6.07, 6.45) is 14.8. The molecule has 0 fully saturated rings. The van der Waals surface area contributed by atoms with E-state index in [4.69, 9.17) is 19.8 Å². The van der Waals surface area contributed by atoms with Crippen LogP contribution in [0, 0.1) is 11.3 Å². The fourth-order valence-corrected chi connectivity index (χ4v) is 5.86. The highest BCUT2D eigenvalue weighted by molar-refractivity contribution is 7.13. The van der Waals surface area contributed by atoms with Crippen molar-refractivity contribution in [1.29, 1.82) is 5.26 Å². The normalized spacial score (nSPS) is 11.4. The monoisotopic (exact) mass is 648 g/mol.